The third-order valence-corrected chi connectivity index (χ3v) is 5.77. The summed E-state index contributed by atoms with van der Waals surface area (Å²) in [4.78, 5) is 35.4. The number of Topliss-reactive ketones (excluding diaryl/α,β-unsaturated/α-hetero) is 2. The van der Waals surface area contributed by atoms with Crippen molar-refractivity contribution in [1.29, 1.82) is 0 Å². The second-order valence-corrected chi connectivity index (χ2v) is 8.06. The zero-order chi connectivity index (χ0) is 22.4. The van der Waals surface area contributed by atoms with Gasteiger partial charge in [0, 0.05) is 23.4 Å². The standard InChI is InChI=1S/C24H32N4O3/c1-4-19-22(17(3)29)16(2)26-23(19)21(30)15-31-27-24(25)20-11-7-6-10-18(20)14-28-12-8-5-9-13-28/h6-7,10-11,26H,4-5,8-9,12-15H2,1-3H3,(H2,25,27). The number of nitrogens with zero attached hydrogens (tertiary/aromatic N) is 2. The van der Waals surface area contributed by atoms with Crippen molar-refractivity contribution in [2.24, 2.45) is 10.9 Å². The summed E-state index contributed by atoms with van der Waals surface area (Å²) in [6.07, 6.45) is 4.31. The Balaban J connectivity index is 1.69. The number of hydrogen-bond acceptors (Lipinski definition) is 5. The largest absolute Gasteiger partial charge is 0.386 e. The molecule has 0 saturated carbocycles. The van der Waals surface area contributed by atoms with E-state index >= 15 is 0 Å². The van der Waals surface area contributed by atoms with Gasteiger partial charge in [0.05, 0.1) is 5.69 Å². The van der Waals surface area contributed by atoms with E-state index in [0.717, 1.165) is 36.3 Å². The van der Waals surface area contributed by atoms with E-state index in [1.807, 2.05) is 25.1 Å². The lowest BCUT2D eigenvalue weighted by Gasteiger charge is -2.27. The van der Waals surface area contributed by atoms with E-state index < -0.39 is 0 Å². The lowest BCUT2D eigenvalue weighted by atomic mass is 10.0. The van der Waals surface area contributed by atoms with Gasteiger partial charge in [-0.1, -0.05) is 42.8 Å². The van der Waals surface area contributed by atoms with E-state index in [4.69, 9.17) is 10.6 Å². The van der Waals surface area contributed by atoms with Gasteiger partial charge in [-0.05, 0) is 57.3 Å². The van der Waals surface area contributed by atoms with Gasteiger partial charge in [-0.2, -0.15) is 0 Å². The number of ketones is 2. The predicted molar refractivity (Wildman–Crippen MR) is 121 cm³/mol. The van der Waals surface area contributed by atoms with Crippen molar-refractivity contribution in [2.45, 2.75) is 53.0 Å². The number of benzene rings is 1. The van der Waals surface area contributed by atoms with Crippen LogP contribution in [0.3, 0.4) is 0 Å². The highest BCUT2D eigenvalue weighted by Crippen LogP contribution is 2.21. The molecule has 0 amide bonds. The number of nitrogens with two attached hydrogens (primary N) is 1. The van der Waals surface area contributed by atoms with Crippen molar-refractivity contribution in [3.8, 4) is 0 Å². The van der Waals surface area contributed by atoms with E-state index in [2.05, 4.69) is 21.1 Å². The van der Waals surface area contributed by atoms with Crippen LogP contribution in [0.2, 0.25) is 0 Å². The van der Waals surface area contributed by atoms with Gasteiger partial charge in [-0.15, -0.1) is 0 Å². The number of H-pyrrole nitrogens is 1. The summed E-state index contributed by atoms with van der Waals surface area (Å²) in [5.41, 5.74) is 10.5. The fourth-order valence-corrected chi connectivity index (χ4v) is 4.29. The molecule has 1 fully saturated rings. The quantitative estimate of drug-likeness (QED) is 0.277. The zero-order valence-corrected chi connectivity index (χ0v) is 18.7. The molecular weight excluding hydrogens is 392 g/mol. The molecule has 0 spiro atoms. The number of rotatable bonds is 9. The molecule has 7 heteroatoms. The van der Waals surface area contributed by atoms with Gasteiger partial charge in [0.15, 0.2) is 18.2 Å². The van der Waals surface area contributed by atoms with Gasteiger partial charge in [-0.25, -0.2) is 0 Å². The van der Waals surface area contributed by atoms with Crippen LogP contribution in [-0.2, 0) is 17.8 Å². The van der Waals surface area contributed by atoms with Crippen molar-refractivity contribution >= 4 is 17.4 Å². The molecule has 31 heavy (non-hydrogen) atoms. The van der Waals surface area contributed by atoms with Crippen LogP contribution in [0.4, 0.5) is 0 Å². The van der Waals surface area contributed by atoms with Crippen molar-refractivity contribution < 1.29 is 14.4 Å². The Labute approximate surface area is 183 Å². The molecule has 0 bridgehead atoms. The van der Waals surface area contributed by atoms with Crippen molar-refractivity contribution in [2.75, 3.05) is 19.7 Å². The first-order chi connectivity index (χ1) is 14.9. The summed E-state index contributed by atoms with van der Waals surface area (Å²) < 4.78 is 0. The van der Waals surface area contributed by atoms with E-state index in [9.17, 15) is 9.59 Å². The number of oxime groups is 1. The number of aryl methyl sites for hydroxylation is 1. The average Bonchev–Trinajstić information content (AvgIpc) is 3.11. The minimum Gasteiger partial charge on any atom is -0.386 e. The highest BCUT2D eigenvalue weighted by molar-refractivity contribution is 6.04. The molecule has 0 aliphatic carbocycles. The van der Waals surface area contributed by atoms with E-state index in [-0.39, 0.29) is 24.0 Å². The molecule has 1 aliphatic heterocycles. The molecular formula is C24H32N4O3. The highest BCUT2D eigenvalue weighted by atomic mass is 16.6. The van der Waals surface area contributed by atoms with Crippen LogP contribution in [0, 0.1) is 6.92 Å². The number of carbonyl (C=O) groups excluding carboxylic acids is 2. The summed E-state index contributed by atoms with van der Waals surface area (Å²) in [7, 11) is 0. The van der Waals surface area contributed by atoms with E-state index in [0.29, 0.717) is 23.4 Å². The fourth-order valence-electron chi connectivity index (χ4n) is 4.29. The van der Waals surface area contributed by atoms with Gasteiger partial charge in [-0.3, -0.25) is 14.5 Å². The van der Waals surface area contributed by atoms with Crippen LogP contribution < -0.4 is 5.73 Å². The molecule has 2 aromatic rings. The van der Waals surface area contributed by atoms with Gasteiger partial charge in [0.25, 0.3) is 0 Å². The monoisotopic (exact) mass is 424 g/mol. The molecule has 0 unspecified atom stereocenters. The highest BCUT2D eigenvalue weighted by Gasteiger charge is 2.22. The van der Waals surface area contributed by atoms with Gasteiger partial charge in [0.1, 0.15) is 0 Å². The van der Waals surface area contributed by atoms with Crippen LogP contribution in [0.5, 0.6) is 0 Å². The summed E-state index contributed by atoms with van der Waals surface area (Å²) in [6.45, 7) is 7.97. The Kier molecular flexibility index (Phi) is 7.63. The van der Waals surface area contributed by atoms with Crippen molar-refractivity contribution in [3.63, 3.8) is 0 Å². The maximum absolute atomic E-state index is 12.7. The van der Waals surface area contributed by atoms with Crippen LogP contribution in [0.1, 0.15) is 76.3 Å². The predicted octanol–water partition coefficient (Wildman–Crippen LogP) is 3.59. The first kappa shape index (κ1) is 22.7. The number of nitrogens with one attached hydrogen (secondary N) is 1. The topological polar surface area (TPSA) is 101 Å². The van der Waals surface area contributed by atoms with E-state index in [1.165, 1.54) is 26.2 Å². The summed E-state index contributed by atoms with van der Waals surface area (Å²) in [6, 6.07) is 7.88. The minimum atomic E-state index is -0.259. The molecule has 7 nitrogen and oxygen atoms in total. The summed E-state index contributed by atoms with van der Waals surface area (Å²) in [5, 5.41) is 4.01. The number of piperidine rings is 1. The molecule has 3 N–H and O–H groups in total. The maximum atomic E-state index is 12.7. The molecule has 1 aromatic carbocycles. The Morgan fingerprint density at radius 2 is 1.90 bits per heavy atom. The molecule has 2 heterocycles. The summed E-state index contributed by atoms with van der Waals surface area (Å²) >= 11 is 0. The fraction of sp³-hybridized carbons (Fsp3) is 0.458. The number of hydrogen-bond donors (Lipinski definition) is 2. The second-order valence-electron chi connectivity index (χ2n) is 8.06. The maximum Gasteiger partial charge on any atom is 0.219 e. The number of amidine groups is 1. The zero-order valence-electron chi connectivity index (χ0n) is 18.7. The third-order valence-electron chi connectivity index (χ3n) is 5.77. The SMILES string of the molecule is CCc1c(C(=O)CO/N=C(/N)c2ccccc2CN2CCCCC2)[nH]c(C)c1C(C)=O. The molecule has 1 aliphatic rings. The average molecular weight is 425 g/mol. The normalized spacial score (nSPS) is 15.1. The van der Waals surface area contributed by atoms with Crippen molar-refractivity contribution in [1.82, 2.24) is 9.88 Å². The third kappa shape index (κ3) is 5.41. The number of aromatic amines is 1. The van der Waals surface area contributed by atoms with Crippen LogP contribution in [0.15, 0.2) is 29.4 Å². The lowest BCUT2D eigenvalue weighted by Crippen LogP contribution is -2.30. The molecule has 1 aromatic heterocycles. The lowest BCUT2D eigenvalue weighted by molar-refractivity contribution is 0.0770. The first-order valence-electron chi connectivity index (χ1n) is 10.9. The number of aromatic nitrogens is 1. The Morgan fingerprint density at radius 3 is 2.58 bits per heavy atom. The minimum absolute atomic E-state index is 0.0573. The molecule has 0 radical (unpaired) electrons. The molecule has 166 valence electrons. The Morgan fingerprint density at radius 1 is 1.19 bits per heavy atom. The summed E-state index contributed by atoms with van der Waals surface area (Å²) in [5.74, 6) is -0.0630. The van der Waals surface area contributed by atoms with Gasteiger partial charge < -0.3 is 15.6 Å². The van der Waals surface area contributed by atoms with Crippen LogP contribution in [0.25, 0.3) is 0 Å². The molecule has 3 rings (SSSR count). The first-order valence-corrected chi connectivity index (χ1v) is 10.9. The Bertz CT molecular complexity index is 971. The Hall–Kier alpha value is -2.93. The molecule has 0 atom stereocenters. The van der Waals surface area contributed by atoms with Crippen molar-refractivity contribution in [3.05, 3.63) is 57.9 Å². The number of likely N-dealkylation sites (tertiary alicyclic amines) is 1. The molecule has 1 saturated heterocycles. The van der Waals surface area contributed by atoms with E-state index in [1.54, 1.807) is 6.92 Å². The smallest absolute Gasteiger partial charge is 0.219 e. The van der Waals surface area contributed by atoms with Crippen LogP contribution in [-0.4, -0.2) is 47.0 Å². The number of carbonyl (C=O) groups is 2. The van der Waals surface area contributed by atoms with Gasteiger partial charge in [0.2, 0.25) is 5.78 Å². The second kappa shape index (κ2) is 10.4. The van der Waals surface area contributed by atoms with Crippen LogP contribution >= 0.6 is 0 Å². The van der Waals surface area contributed by atoms with Gasteiger partial charge >= 0.3 is 0 Å².